The quantitative estimate of drug-likeness (QED) is 0.754. The summed E-state index contributed by atoms with van der Waals surface area (Å²) in [5.41, 5.74) is 6.07. The predicted molar refractivity (Wildman–Crippen MR) is 81.2 cm³/mol. The minimum Gasteiger partial charge on any atom is -0.397 e. The number of anilines is 2. The van der Waals surface area contributed by atoms with E-state index in [9.17, 15) is 17.6 Å². The summed E-state index contributed by atoms with van der Waals surface area (Å²) in [7, 11) is -1.43. The lowest BCUT2D eigenvalue weighted by atomic mass is 10.2. The highest BCUT2D eigenvalue weighted by atomic mass is 32.2. The molecule has 0 heterocycles. The van der Waals surface area contributed by atoms with Crippen LogP contribution < -0.4 is 11.1 Å². The van der Waals surface area contributed by atoms with Crippen LogP contribution in [0.3, 0.4) is 0 Å². The molecule has 1 aromatic carbocycles. The minimum atomic E-state index is -3.08. The van der Waals surface area contributed by atoms with Crippen LogP contribution in [0.2, 0.25) is 0 Å². The number of hydrogen-bond acceptors (Lipinski definition) is 5. The number of hydrogen-bond donors (Lipinski definition) is 2. The topological polar surface area (TPSA) is 92.5 Å². The third-order valence-corrected chi connectivity index (χ3v) is 4.05. The Morgan fingerprint density at radius 2 is 2.10 bits per heavy atom. The van der Waals surface area contributed by atoms with Gasteiger partial charge in [0.2, 0.25) is 5.91 Å². The number of halogens is 1. The Hall–Kier alpha value is -1.67. The van der Waals surface area contributed by atoms with Gasteiger partial charge in [0.25, 0.3) is 0 Å². The SMILES string of the molecule is CC(C(=O)Nc1ccc(F)cc1N)N(C)CCS(C)(=O)=O. The maximum Gasteiger partial charge on any atom is 0.241 e. The monoisotopic (exact) mass is 317 g/mol. The average Bonchev–Trinajstić information content (AvgIpc) is 2.37. The van der Waals surface area contributed by atoms with Crippen molar-refractivity contribution in [1.82, 2.24) is 4.90 Å². The summed E-state index contributed by atoms with van der Waals surface area (Å²) in [4.78, 5) is 13.7. The standard InChI is InChI=1S/C13H20FN3O3S/c1-9(17(2)6-7-21(3,19)20)13(18)16-12-5-4-10(14)8-11(12)15/h4-5,8-9H,6-7,15H2,1-3H3,(H,16,18). The number of amides is 1. The normalized spacial score (nSPS) is 13.2. The first-order valence-corrected chi connectivity index (χ1v) is 8.40. The maximum absolute atomic E-state index is 12.9. The van der Waals surface area contributed by atoms with Crippen molar-refractivity contribution in [3.8, 4) is 0 Å². The van der Waals surface area contributed by atoms with Crippen molar-refractivity contribution < 1.29 is 17.6 Å². The van der Waals surface area contributed by atoms with Gasteiger partial charge in [-0.25, -0.2) is 12.8 Å². The molecule has 6 nitrogen and oxygen atoms in total. The van der Waals surface area contributed by atoms with Crippen LogP contribution >= 0.6 is 0 Å². The summed E-state index contributed by atoms with van der Waals surface area (Å²) < 4.78 is 35.2. The van der Waals surface area contributed by atoms with E-state index in [1.807, 2.05) is 0 Å². The maximum atomic E-state index is 12.9. The Balaban J connectivity index is 2.65. The van der Waals surface area contributed by atoms with Crippen LogP contribution in [0.15, 0.2) is 18.2 Å². The zero-order chi connectivity index (χ0) is 16.2. The van der Waals surface area contributed by atoms with E-state index in [2.05, 4.69) is 5.32 Å². The van der Waals surface area contributed by atoms with Crippen LogP contribution in [-0.4, -0.2) is 50.9 Å². The Kier molecular flexibility index (Phi) is 5.68. The zero-order valence-corrected chi connectivity index (χ0v) is 13.1. The summed E-state index contributed by atoms with van der Waals surface area (Å²) in [5.74, 6) is -0.854. The van der Waals surface area contributed by atoms with E-state index in [1.165, 1.54) is 12.1 Å². The molecule has 1 amide bonds. The van der Waals surface area contributed by atoms with Crippen molar-refractivity contribution >= 4 is 27.1 Å². The van der Waals surface area contributed by atoms with E-state index in [-0.39, 0.29) is 23.9 Å². The second-order valence-electron chi connectivity index (χ2n) is 5.01. The van der Waals surface area contributed by atoms with Gasteiger partial charge in [0.15, 0.2) is 0 Å². The number of sulfone groups is 1. The highest BCUT2D eigenvalue weighted by Crippen LogP contribution is 2.19. The molecule has 21 heavy (non-hydrogen) atoms. The van der Waals surface area contributed by atoms with Crippen LogP contribution in [-0.2, 0) is 14.6 Å². The number of benzene rings is 1. The summed E-state index contributed by atoms with van der Waals surface area (Å²) in [5, 5.41) is 2.59. The molecule has 118 valence electrons. The molecule has 0 aliphatic rings. The number of likely N-dealkylation sites (N-methyl/N-ethyl adjacent to an activating group) is 1. The summed E-state index contributed by atoms with van der Waals surface area (Å²) >= 11 is 0. The molecule has 1 rings (SSSR count). The lowest BCUT2D eigenvalue weighted by Gasteiger charge is -2.23. The molecule has 0 aromatic heterocycles. The van der Waals surface area contributed by atoms with E-state index >= 15 is 0 Å². The van der Waals surface area contributed by atoms with Crippen molar-refractivity contribution in [3.05, 3.63) is 24.0 Å². The van der Waals surface area contributed by atoms with E-state index in [1.54, 1.807) is 18.9 Å². The number of nitrogen functional groups attached to an aromatic ring is 1. The molecule has 0 spiro atoms. The van der Waals surface area contributed by atoms with E-state index in [0.717, 1.165) is 12.3 Å². The average molecular weight is 317 g/mol. The fourth-order valence-electron chi connectivity index (χ4n) is 1.59. The largest absolute Gasteiger partial charge is 0.397 e. The highest BCUT2D eigenvalue weighted by molar-refractivity contribution is 7.90. The number of carbonyl (C=O) groups excluding carboxylic acids is 1. The third kappa shape index (κ3) is 5.68. The van der Waals surface area contributed by atoms with E-state index in [4.69, 9.17) is 5.73 Å². The first-order chi connectivity index (χ1) is 9.60. The molecule has 0 saturated carbocycles. The Labute approximate surface area is 124 Å². The van der Waals surface area contributed by atoms with E-state index in [0.29, 0.717) is 5.69 Å². The van der Waals surface area contributed by atoms with Crippen molar-refractivity contribution in [3.63, 3.8) is 0 Å². The first kappa shape index (κ1) is 17.4. The van der Waals surface area contributed by atoms with Crippen LogP contribution in [0, 0.1) is 5.82 Å². The summed E-state index contributed by atoms with van der Waals surface area (Å²) in [6, 6.07) is 3.15. The Morgan fingerprint density at radius 1 is 1.48 bits per heavy atom. The fraction of sp³-hybridized carbons (Fsp3) is 0.462. The molecule has 1 aromatic rings. The molecular formula is C13H20FN3O3S. The number of carbonyl (C=O) groups is 1. The van der Waals surface area contributed by atoms with Gasteiger partial charge in [-0.2, -0.15) is 0 Å². The molecule has 0 radical (unpaired) electrons. The molecule has 0 saturated heterocycles. The van der Waals surface area contributed by atoms with Gasteiger partial charge >= 0.3 is 0 Å². The van der Waals surface area contributed by atoms with Crippen molar-refractivity contribution in [2.75, 3.05) is 36.7 Å². The number of nitrogens with one attached hydrogen (secondary N) is 1. The third-order valence-electron chi connectivity index (χ3n) is 3.13. The second kappa shape index (κ2) is 6.86. The van der Waals surface area contributed by atoms with E-state index < -0.39 is 21.7 Å². The van der Waals surface area contributed by atoms with Gasteiger partial charge in [-0.15, -0.1) is 0 Å². The van der Waals surface area contributed by atoms with Gasteiger partial charge in [-0.1, -0.05) is 0 Å². The number of nitrogens with two attached hydrogens (primary N) is 1. The van der Waals surface area contributed by atoms with Gasteiger partial charge < -0.3 is 11.1 Å². The number of nitrogens with zero attached hydrogens (tertiary/aromatic N) is 1. The minimum absolute atomic E-state index is 0.0280. The molecule has 0 aliphatic heterocycles. The predicted octanol–water partition coefficient (Wildman–Crippen LogP) is 0.711. The molecule has 0 fully saturated rings. The molecule has 3 N–H and O–H groups in total. The van der Waals surface area contributed by atoms with Crippen LogP contribution in [0.5, 0.6) is 0 Å². The summed E-state index contributed by atoms with van der Waals surface area (Å²) in [6.45, 7) is 1.89. The van der Waals surface area contributed by atoms with Crippen LogP contribution in [0.25, 0.3) is 0 Å². The van der Waals surface area contributed by atoms with Gasteiger partial charge in [0, 0.05) is 12.8 Å². The lowest BCUT2D eigenvalue weighted by molar-refractivity contribution is -0.120. The van der Waals surface area contributed by atoms with Crippen molar-refractivity contribution in [2.45, 2.75) is 13.0 Å². The Morgan fingerprint density at radius 3 is 2.62 bits per heavy atom. The van der Waals surface area contributed by atoms with Gasteiger partial charge in [0.05, 0.1) is 23.2 Å². The molecule has 1 unspecified atom stereocenters. The zero-order valence-electron chi connectivity index (χ0n) is 12.3. The molecule has 8 heteroatoms. The number of rotatable bonds is 6. The molecule has 1 atom stereocenters. The van der Waals surface area contributed by atoms with Crippen LogP contribution in [0.4, 0.5) is 15.8 Å². The van der Waals surface area contributed by atoms with Gasteiger partial charge in [-0.3, -0.25) is 9.69 Å². The van der Waals surface area contributed by atoms with Gasteiger partial charge in [0.1, 0.15) is 15.7 Å². The van der Waals surface area contributed by atoms with Gasteiger partial charge in [-0.05, 0) is 32.2 Å². The fourth-order valence-corrected chi connectivity index (χ4v) is 2.21. The Bertz CT molecular complexity index is 619. The second-order valence-corrected chi connectivity index (χ2v) is 7.27. The smallest absolute Gasteiger partial charge is 0.241 e. The molecule has 0 aliphatic carbocycles. The van der Waals surface area contributed by atoms with Crippen molar-refractivity contribution in [1.29, 1.82) is 0 Å². The molecular weight excluding hydrogens is 297 g/mol. The summed E-state index contributed by atoms with van der Waals surface area (Å²) in [6.07, 6.45) is 1.14. The molecule has 0 bridgehead atoms. The highest BCUT2D eigenvalue weighted by Gasteiger charge is 2.19. The van der Waals surface area contributed by atoms with Crippen molar-refractivity contribution in [2.24, 2.45) is 0 Å². The first-order valence-electron chi connectivity index (χ1n) is 6.34. The van der Waals surface area contributed by atoms with Crippen LogP contribution in [0.1, 0.15) is 6.92 Å². The lowest BCUT2D eigenvalue weighted by Crippen LogP contribution is -2.41.